The zero-order chi connectivity index (χ0) is 72.6. The first-order valence-electron chi connectivity index (χ1n) is 31.8. The lowest BCUT2D eigenvalue weighted by atomic mass is 9.85. The fraction of sp³-hybridized carbons (Fsp3) is 0.422. The van der Waals surface area contributed by atoms with Gasteiger partial charge in [-0.2, -0.15) is 4.73 Å². The van der Waals surface area contributed by atoms with Crippen molar-refractivity contribution in [1.29, 1.82) is 0 Å². The van der Waals surface area contributed by atoms with E-state index in [0.29, 0.717) is 16.8 Å². The van der Waals surface area contributed by atoms with Gasteiger partial charge in [0.05, 0.1) is 56.3 Å². The maximum absolute atomic E-state index is 15.2. The fourth-order valence-electron chi connectivity index (χ4n) is 12.5. The second-order valence-electron chi connectivity index (χ2n) is 24.6. The highest BCUT2D eigenvalue weighted by Crippen LogP contribution is 2.43. The Kier molecular flexibility index (Phi) is 21.9. The van der Waals surface area contributed by atoms with Crippen LogP contribution in [0.15, 0.2) is 56.9 Å². The minimum absolute atomic E-state index is 0.00816. The van der Waals surface area contributed by atoms with E-state index in [-0.39, 0.29) is 138 Å². The van der Waals surface area contributed by atoms with Crippen molar-refractivity contribution in [2.75, 3.05) is 67.2 Å². The Morgan fingerprint density at radius 3 is 2.21 bits per heavy atom. The van der Waals surface area contributed by atoms with Gasteiger partial charge in [-0.3, -0.25) is 28.9 Å². The molecule has 11 heterocycles. The second kappa shape index (κ2) is 30.6. The number of fused-ring (bicyclic) bond motifs is 15. The van der Waals surface area contributed by atoms with E-state index in [1.807, 2.05) is 0 Å². The third-order valence-corrected chi connectivity index (χ3v) is 21.8. The number of methoxy groups -OCH3 is 1. The molecule has 10 atom stereocenters. The van der Waals surface area contributed by atoms with Gasteiger partial charge in [0.15, 0.2) is 18.1 Å². The molecule has 0 radical (unpaired) electrons. The molecule has 4 aliphatic heterocycles. The summed E-state index contributed by atoms with van der Waals surface area (Å²) in [6, 6.07) is 0.723. The summed E-state index contributed by atoms with van der Waals surface area (Å²) in [5.74, 6) is -6.88. The van der Waals surface area contributed by atoms with Gasteiger partial charge in [-0.05, 0) is 59.5 Å². The highest BCUT2D eigenvalue weighted by molar-refractivity contribution is 7.14. The molecule has 12 bridgehead atoms. The predicted octanol–water partition coefficient (Wildman–Crippen LogP) is 3.18. The van der Waals surface area contributed by atoms with Crippen molar-refractivity contribution in [3.05, 3.63) is 112 Å². The molecule has 4 aliphatic rings. The second-order valence-corrected chi connectivity index (χ2v) is 28.9. The standard InChI is InChI=1S/C64H70N14O19S5/c1-27(81)43-56(87)74-44(28(2)92-7)59-70-38(26-100-59)55(86)75-47-49-50(97-41-18-64(4,90)51(76(5)6)29(3)96-41)63(89)94-19-30-9-8-10-39-42(30)32(20-93-49)48(78(39)91)62(88)95-21-33(66-53(84)36-25-102-61(47)71-36)58-67-34(22-99-58)45-31(57-68-37(24-98-57)54(85)73-43)17-40(82)46(72-45)60-69-35(23-101-60)52(83)65-11-12-77(13-15-79)14-16-80/h8-10,17,22-27,29,33,41,43,47,49-51,79-82,90-91H,11-16,18-21H2,1-7H3,(H,65,83)(H,66,84)(H,73,85)(H,74,87)(H,75,86)/b44-28+. The number of allylic oxidation sites excluding steroid dienone is 1. The quantitative estimate of drug-likeness (QED) is 0.0423. The number of pyridine rings is 1. The highest BCUT2D eigenvalue weighted by atomic mass is 32.1. The lowest BCUT2D eigenvalue weighted by Gasteiger charge is -2.48. The third kappa shape index (κ3) is 15.0. The minimum Gasteiger partial charge on any atom is -0.506 e. The van der Waals surface area contributed by atoms with Gasteiger partial charge in [0, 0.05) is 76.0 Å². The molecule has 0 saturated carbocycles. The number of aliphatic hydroxyl groups excluding tert-OH is 3. The van der Waals surface area contributed by atoms with E-state index in [9.17, 15) is 45.1 Å². The Hall–Kier alpha value is -8.87. The number of hydrogen-bond acceptors (Lipinski definition) is 32. The van der Waals surface area contributed by atoms with E-state index in [1.54, 1.807) is 55.3 Å². The first-order valence-corrected chi connectivity index (χ1v) is 36.2. The van der Waals surface area contributed by atoms with Crippen LogP contribution in [-0.2, 0) is 51.2 Å². The van der Waals surface area contributed by atoms with Crippen LogP contribution in [0.3, 0.4) is 0 Å². The molecule has 1 aromatic carbocycles. The Morgan fingerprint density at radius 1 is 0.824 bits per heavy atom. The van der Waals surface area contributed by atoms with Crippen molar-refractivity contribution in [2.45, 2.75) is 108 Å². The summed E-state index contributed by atoms with van der Waals surface area (Å²) in [7, 11) is 4.85. The molecule has 102 heavy (non-hydrogen) atoms. The van der Waals surface area contributed by atoms with E-state index in [2.05, 4.69) is 41.5 Å². The molecule has 0 spiro atoms. The number of ether oxygens (including phenoxy) is 6. The molecule has 12 rings (SSSR count). The molecule has 10 unspecified atom stereocenters. The number of amides is 5. The fourth-order valence-corrected chi connectivity index (χ4v) is 16.7. The molecule has 7 aromatic heterocycles. The molecule has 540 valence electrons. The summed E-state index contributed by atoms with van der Waals surface area (Å²) in [6.07, 6.45) is -7.54. The van der Waals surface area contributed by atoms with Crippen LogP contribution in [0, 0.1) is 0 Å². The number of cyclic esters (lactones) is 2. The summed E-state index contributed by atoms with van der Waals surface area (Å²) >= 11 is 4.61. The molecule has 33 nitrogen and oxygen atoms in total. The van der Waals surface area contributed by atoms with Crippen molar-refractivity contribution in [1.82, 2.24) is 71.0 Å². The van der Waals surface area contributed by atoms with Crippen molar-refractivity contribution in [3.8, 4) is 38.4 Å². The van der Waals surface area contributed by atoms with Crippen molar-refractivity contribution >= 4 is 115 Å². The highest BCUT2D eigenvalue weighted by Gasteiger charge is 2.50. The van der Waals surface area contributed by atoms with Gasteiger partial charge in [-0.1, -0.05) is 12.1 Å². The number of aromatic nitrogens is 7. The summed E-state index contributed by atoms with van der Waals surface area (Å²) in [4.78, 5) is 135. The van der Waals surface area contributed by atoms with Crippen molar-refractivity contribution in [2.24, 2.45) is 0 Å². The van der Waals surface area contributed by atoms with Crippen LogP contribution < -0.4 is 26.6 Å². The zero-order valence-corrected chi connectivity index (χ0v) is 59.6. The number of benzene rings is 1. The van der Waals surface area contributed by atoms with Gasteiger partial charge in [0.25, 0.3) is 23.6 Å². The van der Waals surface area contributed by atoms with E-state index < -0.39 is 133 Å². The topological polar surface area (TPSA) is 445 Å². The number of nitrogens with one attached hydrogen (secondary N) is 5. The Labute approximate surface area is 600 Å². The number of aromatic hydroxyl groups is 1. The van der Waals surface area contributed by atoms with E-state index in [0.717, 1.165) is 56.7 Å². The van der Waals surface area contributed by atoms with Gasteiger partial charge in [0.2, 0.25) is 5.91 Å². The molecule has 0 aliphatic carbocycles. The monoisotopic (exact) mass is 1500 g/mol. The summed E-state index contributed by atoms with van der Waals surface area (Å²) < 4.78 is 38.3. The first kappa shape index (κ1) is 72.9. The zero-order valence-electron chi connectivity index (χ0n) is 55.5. The lowest BCUT2D eigenvalue weighted by molar-refractivity contribution is -0.280. The van der Waals surface area contributed by atoms with E-state index >= 15 is 19.2 Å². The smallest absolute Gasteiger partial charge is 0.358 e. The van der Waals surface area contributed by atoms with Crippen LogP contribution in [-0.4, -0.2) is 232 Å². The minimum atomic E-state index is -1.92. The van der Waals surface area contributed by atoms with Crippen molar-refractivity contribution < 1.29 is 92.7 Å². The Bertz CT molecular complexity index is 4550. The Balaban J connectivity index is 1.01. The number of thiazole rings is 5. The number of hydrogen-bond donors (Lipinski definition) is 11. The lowest BCUT2D eigenvalue weighted by Crippen LogP contribution is -2.62. The molecular weight excluding hydrogens is 1430 g/mol. The number of carbonyl (C=O) groups excluding carboxylic acids is 7. The van der Waals surface area contributed by atoms with Crippen LogP contribution >= 0.6 is 56.7 Å². The number of likely N-dealkylation sites (N-methyl/N-ethyl adjacent to an activating group) is 1. The van der Waals surface area contributed by atoms with Crippen LogP contribution in [0.5, 0.6) is 5.75 Å². The summed E-state index contributed by atoms with van der Waals surface area (Å²) in [5, 5.41) is 87.5. The Morgan fingerprint density at radius 2 is 1.49 bits per heavy atom. The number of nitrogens with zero attached hydrogens (tertiary/aromatic N) is 9. The largest absolute Gasteiger partial charge is 0.506 e. The third-order valence-electron chi connectivity index (χ3n) is 17.3. The first-order chi connectivity index (χ1) is 48.8. The molecular formula is C64H70N14O19S5. The van der Waals surface area contributed by atoms with Gasteiger partial charge < -0.3 is 90.6 Å². The molecule has 8 aromatic rings. The number of esters is 2. The molecule has 38 heteroatoms. The van der Waals surface area contributed by atoms with E-state index in [1.165, 1.54) is 54.6 Å². The molecule has 1 saturated heterocycles. The van der Waals surface area contributed by atoms with Gasteiger partial charge >= 0.3 is 11.9 Å². The molecule has 5 amide bonds. The summed E-state index contributed by atoms with van der Waals surface area (Å²) in [5.41, 5.74) is -2.46. The molecule has 11 N–H and O–H groups in total. The van der Waals surface area contributed by atoms with Gasteiger partial charge in [-0.15, -0.1) is 56.7 Å². The average molecular weight is 1500 g/mol. The maximum atomic E-state index is 15.2. The number of aliphatic hydroxyl groups is 4. The summed E-state index contributed by atoms with van der Waals surface area (Å²) in [6.45, 7) is 4.92. The molecule has 1 fully saturated rings. The normalized spacial score (nSPS) is 23.7. The number of carbonyl (C=O) groups is 7. The van der Waals surface area contributed by atoms with Crippen LogP contribution in [0.25, 0.3) is 49.3 Å². The number of rotatable bonds is 14. The maximum Gasteiger partial charge on any atom is 0.358 e. The predicted molar refractivity (Wildman–Crippen MR) is 367 cm³/mol. The van der Waals surface area contributed by atoms with E-state index in [4.69, 9.17) is 43.4 Å². The van der Waals surface area contributed by atoms with Gasteiger partial charge in [-0.25, -0.2) is 39.5 Å². The van der Waals surface area contributed by atoms with Crippen LogP contribution in [0.1, 0.15) is 125 Å². The van der Waals surface area contributed by atoms with Crippen LogP contribution in [0.4, 0.5) is 0 Å². The average Bonchev–Trinajstić information content (AvgIpc) is 1.55. The van der Waals surface area contributed by atoms with Gasteiger partial charge in [0.1, 0.15) is 120 Å². The van der Waals surface area contributed by atoms with Crippen LogP contribution in [0.2, 0.25) is 0 Å². The van der Waals surface area contributed by atoms with Crippen molar-refractivity contribution in [3.63, 3.8) is 0 Å². The SMILES string of the molecule is CO/C(C)=C1/NC(=O)C(C(C)O)NC(=O)c2csc(n2)-c2cc(O)c(-c3nc(C(=O)NCCN(CCO)CCO)cs3)nc2-c2csc(n2)C2COC(=O)c3c4c5c(cccc5n3O)COC(=O)C(OC3CC(C)(O)C(N(C)C)C(C)O3)C(OC4)C(NC(=O)c3csc1n3)c1nc(cs1)C(=O)N2.